The van der Waals surface area contributed by atoms with E-state index < -0.39 is 16.1 Å². The zero-order chi connectivity index (χ0) is 7.49. The minimum Gasteiger partial charge on any atom is -0.335 e. The summed E-state index contributed by atoms with van der Waals surface area (Å²) in [6.07, 6.45) is 5.23. The molecule has 0 atom stereocenters. The topological polar surface area (TPSA) is 60.4 Å². The number of hydrogen-bond acceptors (Lipinski definition) is 4. The number of carbonyl (C=O) groups excluding carboxylic acids is 1. The fraction of sp³-hybridized carbons (Fsp3) is 0.250. The van der Waals surface area contributed by atoms with Gasteiger partial charge in [0.1, 0.15) is 0 Å². The second-order valence-corrected chi connectivity index (χ2v) is 2.79. The molecule has 0 radical (unpaired) electrons. The van der Waals surface area contributed by atoms with Gasteiger partial charge in [-0.15, -0.1) is 6.42 Å². The van der Waals surface area contributed by atoms with E-state index in [2.05, 4.69) is 10.6 Å². The summed E-state index contributed by atoms with van der Waals surface area (Å²) >= 11 is 0. The standard InChI is InChI=1S/C4H4O4S/c1-3-4(5)8-9(2,6)7/h1H,2H3. The van der Waals surface area contributed by atoms with Gasteiger partial charge in [-0.1, -0.05) is 0 Å². The lowest BCUT2D eigenvalue weighted by Crippen LogP contribution is -2.08. The van der Waals surface area contributed by atoms with Crippen LogP contribution < -0.4 is 0 Å². The Morgan fingerprint density at radius 2 is 2.11 bits per heavy atom. The molecular formula is C4H4O4S. The third-order valence-electron chi connectivity index (χ3n) is 0.345. The molecule has 0 rings (SSSR count). The lowest BCUT2D eigenvalue weighted by Gasteiger charge is -1.91. The van der Waals surface area contributed by atoms with Crippen molar-refractivity contribution >= 4 is 16.1 Å². The molecule has 0 fully saturated rings. The Hall–Kier alpha value is -1.02. The Morgan fingerprint density at radius 1 is 1.67 bits per heavy atom. The largest absolute Gasteiger partial charge is 0.399 e. The maximum absolute atomic E-state index is 10.1. The van der Waals surface area contributed by atoms with Crippen molar-refractivity contribution in [2.45, 2.75) is 0 Å². The molecule has 0 bridgehead atoms. The first-order valence-electron chi connectivity index (χ1n) is 1.86. The fourth-order valence-electron chi connectivity index (χ4n) is 0.162. The molecule has 0 unspecified atom stereocenters. The van der Waals surface area contributed by atoms with Gasteiger partial charge >= 0.3 is 16.1 Å². The molecule has 0 aromatic heterocycles. The van der Waals surface area contributed by atoms with Crippen molar-refractivity contribution in [2.24, 2.45) is 0 Å². The van der Waals surface area contributed by atoms with Crippen molar-refractivity contribution in [2.75, 3.05) is 6.26 Å². The van der Waals surface area contributed by atoms with Gasteiger partial charge in [0.2, 0.25) is 0 Å². The van der Waals surface area contributed by atoms with E-state index in [1.807, 2.05) is 0 Å². The van der Waals surface area contributed by atoms with Crippen LogP contribution in [-0.4, -0.2) is 20.6 Å². The van der Waals surface area contributed by atoms with Crippen LogP contribution in [-0.2, 0) is 19.1 Å². The monoisotopic (exact) mass is 148 g/mol. The molecule has 0 N–H and O–H groups in total. The molecule has 0 saturated carbocycles. The summed E-state index contributed by atoms with van der Waals surface area (Å²) in [6, 6.07) is 0. The van der Waals surface area contributed by atoms with Gasteiger partial charge in [-0.25, -0.2) is 4.79 Å². The number of hydrogen-bond donors (Lipinski definition) is 0. The van der Waals surface area contributed by atoms with Gasteiger partial charge in [-0.3, -0.25) is 0 Å². The minimum absolute atomic E-state index is 0.738. The van der Waals surface area contributed by atoms with E-state index in [4.69, 9.17) is 0 Å². The quantitative estimate of drug-likeness (QED) is 0.358. The van der Waals surface area contributed by atoms with Crippen LogP contribution in [0.4, 0.5) is 0 Å². The van der Waals surface area contributed by atoms with Crippen LogP contribution in [0, 0.1) is 12.3 Å². The highest BCUT2D eigenvalue weighted by Crippen LogP contribution is 1.84. The van der Waals surface area contributed by atoms with Gasteiger partial charge in [0, 0.05) is 5.92 Å². The van der Waals surface area contributed by atoms with Crippen molar-refractivity contribution < 1.29 is 17.4 Å². The summed E-state index contributed by atoms with van der Waals surface area (Å²) in [7, 11) is -3.73. The third-order valence-corrected chi connectivity index (χ3v) is 0.799. The van der Waals surface area contributed by atoms with Gasteiger partial charge in [-0.2, -0.15) is 8.42 Å². The highest BCUT2D eigenvalue weighted by Gasteiger charge is 2.05. The Balaban J connectivity index is 4.12. The van der Waals surface area contributed by atoms with E-state index in [0.717, 1.165) is 6.26 Å². The van der Waals surface area contributed by atoms with Crippen molar-refractivity contribution in [3.63, 3.8) is 0 Å². The second-order valence-electron chi connectivity index (χ2n) is 1.22. The average molecular weight is 148 g/mol. The first kappa shape index (κ1) is 7.98. The summed E-state index contributed by atoms with van der Waals surface area (Å²) in [6.45, 7) is 0. The Labute approximate surface area is 52.9 Å². The zero-order valence-electron chi connectivity index (χ0n) is 4.62. The molecular weight excluding hydrogens is 144 g/mol. The maximum Gasteiger partial charge on any atom is 0.399 e. The first-order chi connectivity index (χ1) is 3.95. The SMILES string of the molecule is C#CC(=O)OS(C)(=O)=O. The smallest absolute Gasteiger partial charge is 0.335 e. The number of terminal acetylenes is 1. The van der Waals surface area contributed by atoms with Crippen LogP contribution in [0.5, 0.6) is 0 Å². The molecule has 0 aromatic carbocycles. The molecule has 0 aliphatic rings. The van der Waals surface area contributed by atoms with Gasteiger partial charge in [0.15, 0.2) is 0 Å². The van der Waals surface area contributed by atoms with Crippen molar-refractivity contribution in [3.8, 4) is 12.3 Å². The molecule has 0 aliphatic carbocycles. The van der Waals surface area contributed by atoms with Gasteiger partial charge in [0.05, 0.1) is 6.26 Å². The number of carbonyl (C=O) groups is 1. The second kappa shape index (κ2) is 2.51. The highest BCUT2D eigenvalue weighted by molar-refractivity contribution is 7.86. The third kappa shape index (κ3) is 4.84. The molecule has 9 heavy (non-hydrogen) atoms. The van der Waals surface area contributed by atoms with E-state index >= 15 is 0 Å². The molecule has 0 heterocycles. The van der Waals surface area contributed by atoms with E-state index in [-0.39, 0.29) is 0 Å². The molecule has 0 aromatic rings. The molecule has 0 aliphatic heterocycles. The Bertz CT molecular complexity index is 242. The fourth-order valence-corrected chi connectivity index (χ4v) is 0.485. The molecule has 4 nitrogen and oxygen atoms in total. The van der Waals surface area contributed by atoms with Crippen LogP contribution in [0.25, 0.3) is 0 Å². The van der Waals surface area contributed by atoms with E-state index in [9.17, 15) is 13.2 Å². The average Bonchev–Trinajstić information content (AvgIpc) is 1.62. The summed E-state index contributed by atoms with van der Waals surface area (Å²) in [5.74, 6) is 0.284. The summed E-state index contributed by atoms with van der Waals surface area (Å²) in [5.41, 5.74) is 0. The lowest BCUT2D eigenvalue weighted by atomic mass is 10.7. The van der Waals surface area contributed by atoms with Crippen LogP contribution in [0.15, 0.2) is 0 Å². The van der Waals surface area contributed by atoms with Crippen LogP contribution in [0.3, 0.4) is 0 Å². The van der Waals surface area contributed by atoms with Crippen LogP contribution in [0.1, 0.15) is 0 Å². The highest BCUT2D eigenvalue weighted by atomic mass is 32.2. The molecule has 0 spiro atoms. The molecule has 50 valence electrons. The first-order valence-corrected chi connectivity index (χ1v) is 3.67. The van der Waals surface area contributed by atoms with Crippen LogP contribution >= 0.6 is 0 Å². The maximum atomic E-state index is 10.1. The molecule has 5 heteroatoms. The van der Waals surface area contributed by atoms with E-state index in [1.165, 1.54) is 5.92 Å². The Morgan fingerprint density at radius 3 is 2.22 bits per heavy atom. The summed E-state index contributed by atoms with van der Waals surface area (Å²) in [4.78, 5) is 9.99. The van der Waals surface area contributed by atoms with Gasteiger partial charge in [0.25, 0.3) is 0 Å². The minimum atomic E-state index is -3.73. The van der Waals surface area contributed by atoms with E-state index in [1.54, 1.807) is 0 Å². The van der Waals surface area contributed by atoms with Crippen LogP contribution in [0.2, 0.25) is 0 Å². The summed E-state index contributed by atoms with van der Waals surface area (Å²) in [5, 5.41) is 0. The molecule has 0 saturated heterocycles. The van der Waals surface area contributed by atoms with Crippen molar-refractivity contribution in [1.29, 1.82) is 0 Å². The predicted octanol–water partition coefficient (Wildman–Crippen LogP) is -0.878. The normalized spacial score (nSPS) is 9.78. The number of rotatable bonds is 1. The zero-order valence-corrected chi connectivity index (χ0v) is 5.44. The van der Waals surface area contributed by atoms with E-state index in [0.29, 0.717) is 0 Å². The van der Waals surface area contributed by atoms with Gasteiger partial charge < -0.3 is 4.18 Å². The lowest BCUT2D eigenvalue weighted by molar-refractivity contribution is -0.127. The predicted molar refractivity (Wildman–Crippen MR) is 29.8 cm³/mol. The van der Waals surface area contributed by atoms with Crippen molar-refractivity contribution in [3.05, 3.63) is 0 Å². The molecule has 0 amide bonds. The summed E-state index contributed by atoms with van der Waals surface area (Å²) < 4.78 is 23.8. The Kier molecular flexibility index (Phi) is 2.22. The van der Waals surface area contributed by atoms with Crippen molar-refractivity contribution in [1.82, 2.24) is 0 Å². The van der Waals surface area contributed by atoms with Gasteiger partial charge in [-0.05, 0) is 0 Å².